The molecule has 0 N–H and O–H groups in total. The molecule has 2 nitrogen and oxygen atoms in total. The van der Waals surface area contributed by atoms with Crippen molar-refractivity contribution in [1.82, 2.24) is 0 Å². The van der Waals surface area contributed by atoms with Crippen molar-refractivity contribution in [2.24, 2.45) is 0 Å². The van der Waals surface area contributed by atoms with Gasteiger partial charge in [0.05, 0.1) is 0 Å². The summed E-state index contributed by atoms with van der Waals surface area (Å²) in [4.78, 5) is 1.12. The number of hydrogen-bond donors (Lipinski definition) is 0. The maximum absolute atomic E-state index is 5.41. The van der Waals surface area contributed by atoms with Crippen molar-refractivity contribution < 1.29 is 9.47 Å². The van der Waals surface area contributed by atoms with Gasteiger partial charge in [0.15, 0.2) is 12.2 Å². The minimum absolute atomic E-state index is 0.210. The van der Waals surface area contributed by atoms with E-state index in [0.29, 0.717) is 0 Å². The van der Waals surface area contributed by atoms with Gasteiger partial charge in [-0.15, -0.1) is 0 Å². The summed E-state index contributed by atoms with van der Waals surface area (Å²) in [7, 11) is 1.62. The Morgan fingerprint density at radius 2 is 1.92 bits per heavy atom. The van der Waals surface area contributed by atoms with Crippen LogP contribution in [-0.4, -0.2) is 19.3 Å². The predicted octanol–water partition coefficient (Wildman–Crippen LogP) is 1.93. The van der Waals surface area contributed by atoms with Gasteiger partial charge in [0, 0.05) is 19.2 Å². The van der Waals surface area contributed by atoms with Crippen LogP contribution < -0.4 is 4.74 Å². The number of hydrogen-bond acceptors (Lipinski definition) is 2. The van der Waals surface area contributed by atoms with Crippen LogP contribution in [0.2, 0.25) is 0 Å². The first kappa shape index (κ1) is 10.2. The number of methoxy groups -OCH3 is 1. The molecular weight excluding hydrogens is 184 g/mol. The van der Waals surface area contributed by atoms with Crippen molar-refractivity contribution in [3.63, 3.8) is 0 Å². The molecule has 70 valence electrons. The first-order valence-corrected chi connectivity index (χ1v) is 4.96. The third-order valence-electron chi connectivity index (χ3n) is 1.62. The largest absolute Gasteiger partial charge is 0.465 e. The molecule has 1 rings (SSSR count). The van der Waals surface area contributed by atoms with Gasteiger partial charge < -0.3 is 9.47 Å². The molecule has 1 atom stereocenters. The van der Waals surface area contributed by atoms with Crippen LogP contribution in [0.3, 0.4) is 0 Å². The Morgan fingerprint density at radius 3 is 2.38 bits per heavy atom. The van der Waals surface area contributed by atoms with E-state index in [0.717, 1.165) is 10.6 Å². The molecule has 3 heteroatoms. The summed E-state index contributed by atoms with van der Waals surface area (Å²) >= 11 is 1.47. The van der Waals surface area contributed by atoms with Crippen LogP contribution in [0.15, 0.2) is 29.2 Å². The van der Waals surface area contributed by atoms with Crippen LogP contribution in [0.1, 0.15) is 6.92 Å². The molecule has 0 fully saturated rings. The highest BCUT2D eigenvalue weighted by atomic mass is 32.1. The Hall–Kier alpha value is -0.930. The molecule has 0 heterocycles. The van der Waals surface area contributed by atoms with Gasteiger partial charge in [-0.25, -0.2) is 0 Å². The zero-order valence-corrected chi connectivity index (χ0v) is 8.64. The fourth-order valence-corrected chi connectivity index (χ4v) is 1.18. The molecule has 1 aromatic carbocycles. The van der Waals surface area contributed by atoms with Crippen LogP contribution >= 0.6 is 0 Å². The summed E-state index contributed by atoms with van der Waals surface area (Å²) < 4.78 is 10.4. The summed E-state index contributed by atoms with van der Waals surface area (Å²) in [5.41, 5.74) is 0. The summed E-state index contributed by atoms with van der Waals surface area (Å²) in [6.07, 6.45) is -0.210. The highest BCUT2D eigenvalue weighted by Gasteiger charge is 2.03. The lowest BCUT2D eigenvalue weighted by molar-refractivity contribution is -0.0383. The van der Waals surface area contributed by atoms with Gasteiger partial charge in [-0.1, -0.05) is 0 Å². The lowest BCUT2D eigenvalue weighted by atomic mass is 10.3. The van der Waals surface area contributed by atoms with Crippen LogP contribution in [0, 0.1) is 0 Å². The number of rotatable bonds is 4. The normalized spacial score (nSPS) is 12.2. The van der Waals surface area contributed by atoms with E-state index in [1.165, 1.54) is 11.4 Å². The first-order chi connectivity index (χ1) is 6.26. The zero-order valence-electron chi connectivity index (χ0n) is 7.82. The third-order valence-corrected chi connectivity index (χ3v) is 2.23. The highest BCUT2D eigenvalue weighted by Crippen LogP contribution is 2.13. The van der Waals surface area contributed by atoms with E-state index in [4.69, 9.17) is 9.47 Å². The molecule has 0 aromatic heterocycles. The summed E-state index contributed by atoms with van der Waals surface area (Å²) in [5.74, 6) is 4.53. The molecule has 0 spiro atoms. The van der Waals surface area contributed by atoms with Crippen LogP contribution in [0.4, 0.5) is 0 Å². The highest BCUT2D eigenvalue weighted by molar-refractivity contribution is 7.76. The standard InChI is InChI=1S/C10H13O2S/c1-8(11-2)12-9-4-6-10(13-3)7-5-9/h4-8H,3H2,1-2H3/q+1. The Bertz CT molecular complexity index is 269. The lowest BCUT2D eigenvalue weighted by Crippen LogP contribution is -2.13. The number of benzene rings is 1. The predicted molar refractivity (Wildman–Crippen MR) is 56.3 cm³/mol. The smallest absolute Gasteiger partial charge is 0.230 e. The fraction of sp³-hybridized carbons (Fsp3) is 0.300. The fourth-order valence-electron chi connectivity index (χ4n) is 0.854. The van der Waals surface area contributed by atoms with Gasteiger partial charge in [-0.2, -0.15) is 0 Å². The van der Waals surface area contributed by atoms with Crippen molar-refractivity contribution in [3.05, 3.63) is 24.3 Å². The van der Waals surface area contributed by atoms with Crippen LogP contribution in [0.25, 0.3) is 0 Å². The third kappa shape index (κ3) is 3.13. The molecule has 0 aliphatic heterocycles. The summed E-state index contributed by atoms with van der Waals surface area (Å²) in [6.45, 7) is 1.85. The van der Waals surface area contributed by atoms with E-state index in [1.807, 2.05) is 31.2 Å². The van der Waals surface area contributed by atoms with E-state index < -0.39 is 0 Å². The SMILES string of the molecule is C=[S+]c1ccc(OC(C)OC)cc1. The monoisotopic (exact) mass is 197 g/mol. The Morgan fingerprint density at radius 1 is 1.31 bits per heavy atom. The van der Waals surface area contributed by atoms with Crippen molar-refractivity contribution in [3.8, 4) is 5.75 Å². The zero-order chi connectivity index (χ0) is 9.68. The molecule has 0 saturated heterocycles. The van der Waals surface area contributed by atoms with Gasteiger partial charge in [0.2, 0.25) is 16.2 Å². The average Bonchev–Trinajstić information content (AvgIpc) is 2.19. The Balaban J connectivity index is 2.63. The van der Waals surface area contributed by atoms with E-state index in [1.54, 1.807) is 7.11 Å². The van der Waals surface area contributed by atoms with Gasteiger partial charge in [-0.05, 0) is 19.1 Å². The molecule has 0 aliphatic carbocycles. The van der Waals surface area contributed by atoms with Crippen LogP contribution in [-0.2, 0) is 16.1 Å². The number of ether oxygens (including phenoxy) is 2. The lowest BCUT2D eigenvalue weighted by Gasteiger charge is -2.11. The summed E-state index contributed by atoms with van der Waals surface area (Å²) in [6, 6.07) is 7.75. The first-order valence-electron chi connectivity index (χ1n) is 3.98. The average molecular weight is 197 g/mol. The van der Waals surface area contributed by atoms with Gasteiger partial charge >= 0.3 is 0 Å². The molecule has 0 radical (unpaired) electrons. The van der Waals surface area contributed by atoms with E-state index in [-0.39, 0.29) is 6.29 Å². The molecular formula is C10H13O2S+. The van der Waals surface area contributed by atoms with Gasteiger partial charge in [0.25, 0.3) is 0 Å². The second kappa shape index (κ2) is 4.94. The molecule has 0 amide bonds. The molecule has 1 aromatic rings. The molecule has 0 saturated carbocycles. The Kier molecular flexibility index (Phi) is 3.86. The minimum Gasteiger partial charge on any atom is -0.465 e. The summed E-state index contributed by atoms with van der Waals surface area (Å²) in [5, 5.41) is 0. The second-order valence-electron chi connectivity index (χ2n) is 2.54. The van der Waals surface area contributed by atoms with E-state index >= 15 is 0 Å². The van der Waals surface area contributed by atoms with E-state index in [2.05, 4.69) is 5.87 Å². The minimum atomic E-state index is -0.210. The van der Waals surface area contributed by atoms with E-state index in [9.17, 15) is 0 Å². The van der Waals surface area contributed by atoms with Crippen molar-refractivity contribution >= 4 is 17.2 Å². The topological polar surface area (TPSA) is 18.5 Å². The van der Waals surface area contributed by atoms with Crippen molar-refractivity contribution in [2.75, 3.05) is 7.11 Å². The maximum atomic E-state index is 5.41. The van der Waals surface area contributed by atoms with Crippen LogP contribution in [0.5, 0.6) is 5.75 Å². The molecule has 1 unspecified atom stereocenters. The quantitative estimate of drug-likeness (QED) is 0.417. The molecule has 0 bridgehead atoms. The second-order valence-corrected chi connectivity index (χ2v) is 3.30. The van der Waals surface area contributed by atoms with Crippen molar-refractivity contribution in [2.45, 2.75) is 18.1 Å². The Labute approximate surface area is 82.4 Å². The van der Waals surface area contributed by atoms with Crippen molar-refractivity contribution in [1.29, 1.82) is 0 Å². The van der Waals surface area contributed by atoms with Gasteiger partial charge in [-0.3, -0.25) is 0 Å². The maximum Gasteiger partial charge on any atom is 0.230 e. The molecule has 0 aliphatic rings. The van der Waals surface area contributed by atoms with Gasteiger partial charge in [0.1, 0.15) is 5.75 Å². The molecule has 13 heavy (non-hydrogen) atoms.